The van der Waals surface area contributed by atoms with Crippen LogP contribution in [0.25, 0.3) is 0 Å². The van der Waals surface area contributed by atoms with Gasteiger partial charge in [0.1, 0.15) is 18.2 Å². The summed E-state index contributed by atoms with van der Waals surface area (Å²) in [5.41, 5.74) is 1.48. The first-order valence-electron chi connectivity index (χ1n) is 8.68. The standard InChI is InChI=1S/C21H22ClF2NO2/c1-20(2)18(21(20,3)22)19(26)27-12-13-9-15(24)11-17(10-13)25(4)16-7-5-14(23)6-8-16/h5-11,18H,12H2,1-4H3. The SMILES string of the molecule is CN(c1ccc(F)cc1)c1cc(F)cc(COC(=O)C2C(C)(C)C2(C)Cl)c1. The Morgan fingerprint density at radius 2 is 1.67 bits per heavy atom. The number of halogens is 3. The van der Waals surface area contributed by atoms with E-state index in [-0.39, 0.29) is 29.7 Å². The number of carbonyl (C=O) groups excluding carboxylic acids is 1. The topological polar surface area (TPSA) is 29.5 Å². The number of carbonyl (C=O) groups is 1. The van der Waals surface area contributed by atoms with Crippen LogP contribution in [-0.4, -0.2) is 17.9 Å². The molecule has 1 fully saturated rings. The van der Waals surface area contributed by atoms with E-state index in [4.69, 9.17) is 16.3 Å². The molecule has 27 heavy (non-hydrogen) atoms. The monoisotopic (exact) mass is 393 g/mol. The summed E-state index contributed by atoms with van der Waals surface area (Å²) in [5.74, 6) is -1.55. The summed E-state index contributed by atoms with van der Waals surface area (Å²) < 4.78 is 32.5. The fourth-order valence-corrected chi connectivity index (χ4v) is 3.82. The average molecular weight is 394 g/mol. The molecular formula is C21H22ClF2NO2. The second-order valence-corrected chi connectivity index (χ2v) is 8.48. The maximum Gasteiger partial charge on any atom is 0.311 e. The fraction of sp³-hybridized carbons (Fsp3) is 0.381. The summed E-state index contributed by atoms with van der Waals surface area (Å²) in [4.78, 5) is 13.4. The van der Waals surface area contributed by atoms with Crippen molar-refractivity contribution in [3.63, 3.8) is 0 Å². The molecule has 2 unspecified atom stereocenters. The molecule has 1 aliphatic rings. The quantitative estimate of drug-likeness (QED) is 0.501. The Kier molecular flexibility index (Phi) is 4.93. The molecule has 0 saturated heterocycles. The summed E-state index contributed by atoms with van der Waals surface area (Å²) in [6.07, 6.45) is 0. The van der Waals surface area contributed by atoms with Gasteiger partial charge in [-0.1, -0.05) is 13.8 Å². The number of ether oxygens (including phenoxy) is 1. The molecule has 1 aliphatic carbocycles. The summed E-state index contributed by atoms with van der Waals surface area (Å²) in [7, 11) is 1.75. The van der Waals surface area contributed by atoms with Gasteiger partial charge in [-0.2, -0.15) is 0 Å². The minimum Gasteiger partial charge on any atom is -0.461 e. The number of anilines is 2. The molecule has 0 spiro atoms. The van der Waals surface area contributed by atoms with Crippen LogP contribution >= 0.6 is 11.6 Å². The first kappa shape index (κ1) is 19.6. The molecule has 3 nitrogen and oxygen atoms in total. The van der Waals surface area contributed by atoms with Crippen molar-refractivity contribution in [2.75, 3.05) is 11.9 Å². The lowest BCUT2D eigenvalue weighted by Crippen LogP contribution is -2.13. The van der Waals surface area contributed by atoms with Crippen molar-refractivity contribution < 1.29 is 18.3 Å². The molecule has 0 radical (unpaired) electrons. The van der Waals surface area contributed by atoms with Crippen molar-refractivity contribution in [1.29, 1.82) is 0 Å². The number of esters is 1. The molecule has 0 bridgehead atoms. The predicted molar refractivity (Wildman–Crippen MR) is 102 cm³/mol. The average Bonchev–Trinajstić information content (AvgIpc) is 3.01. The minimum atomic E-state index is -0.625. The molecular weight excluding hydrogens is 372 g/mol. The van der Waals surface area contributed by atoms with Gasteiger partial charge in [-0.3, -0.25) is 4.79 Å². The molecule has 2 atom stereocenters. The third-order valence-corrected chi connectivity index (χ3v) is 6.31. The third-order valence-electron chi connectivity index (χ3n) is 5.60. The van der Waals surface area contributed by atoms with E-state index in [0.717, 1.165) is 0 Å². The zero-order valence-corrected chi connectivity index (χ0v) is 16.5. The highest BCUT2D eigenvalue weighted by Crippen LogP contribution is 2.66. The predicted octanol–water partition coefficient (Wildman–Crippen LogP) is 5.43. The van der Waals surface area contributed by atoms with E-state index in [2.05, 4.69) is 0 Å². The van der Waals surface area contributed by atoms with Crippen LogP contribution in [0.4, 0.5) is 20.2 Å². The molecule has 0 aliphatic heterocycles. The molecule has 0 aromatic heterocycles. The molecule has 6 heteroatoms. The Bertz CT molecular complexity index is 851. The number of rotatable bonds is 5. The molecule has 2 aromatic carbocycles. The second kappa shape index (κ2) is 6.79. The summed E-state index contributed by atoms with van der Waals surface area (Å²) in [6.45, 7) is 5.62. The lowest BCUT2D eigenvalue weighted by atomic mass is 10.1. The van der Waals surface area contributed by atoms with Gasteiger partial charge in [-0.15, -0.1) is 11.6 Å². The molecule has 0 amide bonds. The van der Waals surface area contributed by atoms with E-state index < -0.39 is 10.7 Å². The van der Waals surface area contributed by atoms with Gasteiger partial charge < -0.3 is 9.64 Å². The van der Waals surface area contributed by atoms with Gasteiger partial charge in [-0.05, 0) is 60.4 Å². The zero-order valence-electron chi connectivity index (χ0n) is 15.7. The third kappa shape index (κ3) is 3.65. The highest BCUT2D eigenvalue weighted by Gasteiger charge is 2.71. The zero-order chi connectivity index (χ0) is 20.0. The number of benzene rings is 2. The first-order chi connectivity index (χ1) is 12.5. The molecule has 2 aromatic rings. The van der Waals surface area contributed by atoms with E-state index in [0.29, 0.717) is 16.9 Å². The largest absolute Gasteiger partial charge is 0.461 e. The maximum atomic E-state index is 14.1. The van der Waals surface area contributed by atoms with Gasteiger partial charge in [0, 0.05) is 18.4 Å². The normalized spacial score (nSPS) is 23.0. The molecule has 144 valence electrons. The minimum absolute atomic E-state index is 0.0413. The smallest absolute Gasteiger partial charge is 0.311 e. The Morgan fingerprint density at radius 1 is 1.07 bits per heavy atom. The lowest BCUT2D eigenvalue weighted by molar-refractivity contribution is -0.147. The second-order valence-electron chi connectivity index (χ2n) is 7.69. The Morgan fingerprint density at radius 3 is 2.22 bits per heavy atom. The summed E-state index contributed by atoms with van der Waals surface area (Å²) in [5, 5.41) is 0. The number of hydrogen-bond donors (Lipinski definition) is 0. The highest BCUT2D eigenvalue weighted by atomic mass is 35.5. The number of nitrogens with zero attached hydrogens (tertiary/aromatic N) is 1. The summed E-state index contributed by atoms with van der Waals surface area (Å²) >= 11 is 6.35. The van der Waals surface area contributed by atoms with Crippen LogP contribution in [0.2, 0.25) is 0 Å². The first-order valence-corrected chi connectivity index (χ1v) is 9.06. The van der Waals surface area contributed by atoms with Crippen LogP contribution in [0.15, 0.2) is 42.5 Å². The van der Waals surface area contributed by atoms with Crippen LogP contribution in [0.5, 0.6) is 0 Å². The summed E-state index contributed by atoms with van der Waals surface area (Å²) in [6, 6.07) is 10.3. The van der Waals surface area contributed by atoms with E-state index in [1.807, 2.05) is 20.8 Å². The van der Waals surface area contributed by atoms with Gasteiger partial charge in [-0.25, -0.2) is 8.78 Å². The van der Waals surface area contributed by atoms with Gasteiger partial charge in [0.15, 0.2) is 0 Å². The van der Waals surface area contributed by atoms with Crippen LogP contribution in [0, 0.1) is 23.0 Å². The molecule has 1 saturated carbocycles. The van der Waals surface area contributed by atoms with Crippen LogP contribution < -0.4 is 4.90 Å². The van der Waals surface area contributed by atoms with Gasteiger partial charge in [0.2, 0.25) is 0 Å². The Balaban J connectivity index is 1.72. The van der Waals surface area contributed by atoms with E-state index in [1.165, 1.54) is 24.3 Å². The van der Waals surface area contributed by atoms with Crippen molar-refractivity contribution in [1.82, 2.24) is 0 Å². The van der Waals surface area contributed by atoms with Crippen molar-refractivity contribution >= 4 is 28.9 Å². The van der Waals surface area contributed by atoms with Crippen LogP contribution in [0.3, 0.4) is 0 Å². The van der Waals surface area contributed by atoms with Gasteiger partial charge >= 0.3 is 5.97 Å². The molecule has 3 rings (SSSR count). The molecule has 0 heterocycles. The molecule has 0 N–H and O–H groups in total. The van der Waals surface area contributed by atoms with Crippen molar-refractivity contribution in [2.45, 2.75) is 32.3 Å². The van der Waals surface area contributed by atoms with Crippen molar-refractivity contribution in [2.24, 2.45) is 11.3 Å². The van der Waals surface area contributed by atoms with Gasteiger partial charge in [0.05, 0.1) is 10.8 Å². The van der Waals surface area contributed by atoms with Crippen LogP contribution in [-0.2, 0) is 16.1 Å². The van der Waals surface area contributed by atoms with Crippen molar-refractivity contribution in [3.05, 3.63) is 59.7 Å². The number of hydrogen-bond acceptors (Lipinski definition) is 3. The Labute approximate surface area is 162 Å². The maximum absolute atomic E-state index is 14.1. The van der Waals surface area contributed by atoms with Gasteiger partial charge in [0.25, 0.3) is 0 Å². The fourth-order valence-electron chi connectivity index (χ4n) is 3.40. The lowest BCUT2D eigenvalue weighted by Gasteiger charge is -2.20. The van der Waals surface area contributed by atoms with E-state index in [1.54, 1.807) is 30.1 Å². The van der Waals surface area contributed by atoms with E-state index >= 15 is 0 Å². The Hall–Kier alpha value is -2.14. The highest BCUT2D eigenvalue weighted by molar-refractivity contribution is 6.29. The van der Waals surface area contributed by atoms with E-state index in [9.17, 15) is 13.6 Å². The van der Waals surface area contributed by atoms with Crippen LogP contribution in [0.1, 0.15) is 26.3 Å². The number of alkyl halides is 1. The van der Waals surface area contributed by atoms with Crippen molar-refractivity contribution in [3.8, 4) is 0 Å².